The van der Waals surface area contributed by atoms with Crippen LogP contribution in [-0.2, 0) is 16.6 Å². The van der Waals surface area contributed by atoms with Gasteiger partial charge >= 0.3 is 5.97 Å². The first-order chi connectivity index (χ1) is 20.2. The fourth-order valence-corrected chi connectivity index (χ4v) is 7.30. The number of rotatable bonds is 8. The first-order valence-electron chi connectivity index (χ1n) is 14.5. The van der Waals surface area contributed by atoms with Gasteiger partial charge in [-0.3, -0.25) is 9.58 Å². The highest BCUT2D eigenvalue weighted by molar-refractivity contribution is 7.22. The highest BCUT2D eigenvalue weighted by atomic mass is 35.5. The molecule has 1 N–H and O–H groups in total. The lowest BCUT2D eigenvalue weighted by molar-refractivity contribution is -0.151. The van der Waals surface area contributed by atoms with E-state index in [1.165, 1.54) is 5.39 Å². The third-order valence-electron chi connectivity index (χ3n) is 8.55. The van der Waals surface area contributed by atoms with E-state index < -0.39 is 12.1 Å². The molecule has 5 aromatic rings. The van der Waals surface area contributed by atoms with Crippen molar-refractivity contribution in [1.82, 2.24) is 19.7 Å². The molecule has 0 radical (unpaired) electrons. The van der Waals surface area contributed by atoms with Gasteiger partial charge in [-0.2, -0.15) is 5.10 Å². The van der Waals surface area contributed by atoms with Crippen LogP contribution in [0.15, 0.2) is 48.5 Å². The van der Waals surface area contributed by atoms with Gasteiger partial charge in [-0.05, 0) is 81.1 Å². The number of hydrogen-bond donors (Lipinski definition) is 1. The number of carboxylic acid groups (broad SMARTS) is 1. The Balaban J connectivity index is 1.37. The number of nitrogens with zero attached hydrogens (tertiary/aromatic N) is 4. The first-order valence-corrected chi connectivity index (χ1v) is 15.7. The summed E-state index contributed by atoms with van der Waals surface area (Å²) in [5, 5.41) is 17.9. The molecule has 0 bridgehead atoms. The lowest BCUT2D eigenvalue weighted by atomic mass is 9.91. The average molecular weight is 601 g/mol. The molecule has 2 fully saturated rings. The minimum Gasteiger partial charge on any atom is -0.479 e. The van der Waals surface area contributed by atoms with Gasteiger partial charge in [0.05, 0.1) is 27.5 Å². The van der Waals surface area contributed by atoms with Crippen LogP contribution in [0.4, 0.5) is 0 Å². The number of fused-ring (bicyclic) bond motifs is 2. The second kappa shape index (κ2) is 10.5. The maximum Gasteiger partial charge on any atom is 0.337 e. The van der Waals surface area contributed by atoms with Gasteiger partial charge in [-0.25, -0.2) is 9.78 Å². The standard InChI is InChI=1S/C33H33ClN4O3S/c1-17(2)38-15-21(16-38)29-24-14-20(7-12-26(24)37(4)36-29)32-35-25-13-18(3)27(30(33(39)40)41-23-10-11-23)28(31(25)42-32)19-5-8-22(34)9-6-19/h5-9,12-14,17,21,23,30H,10-11,15-16H2,1-4H3,(H,39,40). The second-order valence-electron chi connectivity index (χ2n) is 11.9. The van der Waals surface area contributed by atoms with Gasteiger partial charge in [0.25, 0.3) is 0 Å². The van der Waals surface area contributed by atoms with Crippen molar-refractivity contribution in [3.63, 3.8) is 0 Å². The molecule has 7 rings (SSSR count). The Morgan fingerprint density at radius 2 is 1.81 bits per heavy atom. The fraction of sp³-hybridized carbons (Fsp3) is 0.364. The van der Waals surface area contributed by atoms with E-state index in [2.05, 4.69) is 36.9 Å². The molecule has 7 nitrogen and oxygen atoms in total. The van der Waals surface area contributed by atoms with Crippen molar-refractivity contribution in [2.24, 2.45) is 7.05 Å². The fourth-order valence-electron chi connectivity index (χ4n) is 6.06. The van der Waals surface area contributed by atoms with Crippen LogP contribution >= 0.6 is 22.9 Å². The monoisotopic (exact) mass is 600 g/mol. The summed E-state index contributed by atoms with van der Waals surface area (Å²) in [6.07, 6.45) is 0.711. The molecule has 1 aliphatic carbocycles. The second-order valence-corrected chi connectivity index (χ2v) is 13.3. The minimum atomic E-state index is -1.06. The zero-order chi connectivity index (χ0) is 29.3. The Labute approximate surface area is 253 Å². The van der Waals surface area contributed by atoms with Crippen LogP contribution in [0.3, 0.4) is 0 Å². The smallest absolute Gasteiger partial charge is 0.337 e. The number of carboxylic acids is 1. The summed E-state index contributed by atoms with van der Waals surface area (Å²) in [5.41, 5.74) is 7.41. The summed E-state index contributed by atoms with van der Waals surface area (Å²) in [6.45, 7) is 8.47. The molecule has 1 atom stereocenters. The summed E-state index contributed by atoms with van der Waals surface area (Å²) in [6, 6.07) is 16.6. The number of benzene rings is 3. The van der Waals surface area contributed by atoms with Crippen LogP contribution in [0.1, 0.15) is 55.5 Å². The number of thiazole rings is 1. The predicted molar refractivity (Wildman–Crippen MR) is 168 cm³/mol. The number of carbonyl (C=O) groups is 1. The first kappa shape index (κ1) is 27.5. The molecule has 1 saturated heterocycles. The van der Waals surface area contributed by atoms with Crippen molar-refractivity contribution in [3.05, 3.63) is 70.4 Å². The summed E-state index contributed by atoms with van der Waals surface area (Å²) in [4.78, 5) is 20.1. The Morgan fingerprint density at radius 1 is 1.10 bits per heavy atom. The van der Waals surface area contributed by atoms with E-state index >= 15 is 0 Å². The van der Waals surface area contributed by atoms with Gasteiger partial charge in [0.2, 0.25) is 0 Å². The minimum absolute atomic E-state index is 0.0139. The highest BCUT2D eigenvalue weighted by Gasteiger charge is 2.35. The molecule has 2 aliphatic rings. The molecule has 0 amide bonds. The molecular formula is C33H33ClN4O3S. The lowest BCUT2D eigenvalue weighted by Gasteiger charge is -2.41. The summed E-state index contributed by atoms with van der Waals surface area (Å²) in [7, 11) is 2.01. The molecule has 1 saturated carbocycles. The molecule has 216 valence electrons. The normalized spacial score (nSPS) is 16.9. The van der Waals surface area contributed by atoms with Gasteiger partial charge in [0, 0.05) is 59.2 Å². The number of likely N-dealkylation sites (tertiary alicyclic amines) is 1. The SMILES string of the molecule is Cc1cc2nc(-c3ccc4c(c3)c(C3CN(C(C)C)C3)nn4C)sc2c(-c2ccc(Cl)cc2)c1C(OC1CC1)C(=O)O. The number of aromatic nitrogens is 3. The molecule has 3 aromatic carbocycles. The van der Waals surface area contributed by atoms with E-state index in [9.17, 15) is 9.90 Å². The van der Waals surface area contributed by atoms with Crippen LogP contribution in [0.25, 0.3) is 42.8 Å². The maximum atomic E-state index is 12.5. The largest absolute Gasteiger partial charge is 0.479 e. The van der Waals surface area contributed by atoms with Crippen molar-refractivity contribution in [2.75, 3.05) is 13.1 Å². The molecule has 42 heavy (non-hydrogen) atoms. The predicted octanol–water partition coefficient (Wildman–Crippen LogP) is 7.59. The van der Waals surface area contributed by atoms with Gasteiger partial charge in [-0.1, -0.05) is 23.7 Å². The van der Waals surface area contributed by atoms with E-state index in [0.29, 0.717) is 22.5 Å². The number of hydrogen-bond acceptors (Lipinski definition) is 6. The summed E-state index contributed by atoms with van der Waals surface area (Å²) in [5.74, 6) is -0.561. The van der Waals surface area contributed by atoms with E-state index in [1.807, 2.05) is 49.0 Å². The van der Waals surface area contributed by atoms with E-state index in [4.69, 9.17) is 26.4 Å². The number of aliphatic carboxylic acids is 1. The van der Waals surface area contributed by atoms with Crippen LogP contribution in [0.5, 0.6) is 0 Å². The zero-order valence-electron chi connectivity index (χ0n) is 24.1. The van der Waals surface area contributed by atoms with Crippen LogP contribution in [0, 0.1) is 6.92 Å². The van der Waals surface area contributed by atoms with Crippen molar-refractivity contribution in [1.29, 1.82) is 0 Å². The highest BCUT2D eigenvalue weighted by Crippen LogP contribution is 2.45. The van der Waals surface area contributed by atoms with Crippen molar-refractivity contribution in [3.8, 4) is 21.7 Å². The Bertz CT molecular complexity index is 1830. The summed E-state index contributed by atoms with van der Waals surface area (Å²) >= 11 is 7.84. The molecule has 1 unspecified atom stereocenters. The number of halogens is 1. The molecule has 1 aliphatic heterocycles. The number of aryl methyl sites for hydroxylation is 2. The van der Waals surface area contributed by atoms with Gasteiger partial charge < -0.3 is 9.84 Å². The van der Waals surface area contributed by atoms with E-state index in [-0.39, 0.29) is 6.10 Å². The third kappa shape index (κ3) is 4.80. The van der Waals surface area contributed by atoms with E-state index in [1.54, 1.807) is 11.3 Å². The molecule has 3 heterocycles. The van der Waals surface area contributed by atoms with Crippen LogP contribution in [0.2, 0.25) is 5.02 Å². The van der Waals surface area contributed by atoms with Crippen molar-refractivity contribution in [2.45, 2.75) is 57.8 Å². The maximum absolute atomic E-state index is 12.5. The molecular weight excluding hydrogens is 568 g/mol. The molecule has 9 heteroatoms. The van der Waals surface area contributed by atoms with E-state index in [0.717, 1.165) is 74.6 Å². The van der Waals surface area contributed by atoms with Crippen molar-refractivity contribution >= 4 is 50.0 Å². The number of ether oxygens (including phenoxy) is 1. The summed E-state index contributed by atoms with van der Waals surface area (Å²) < 4.78 is 9.00. The Hall–Kier alpha value is -3.30. The van der Waals surface area contributed by atoms with Gasteiger partial charge in [0.15, 0.2) is 6.10 Å². The van der Waals surface area contributed by atoms with Gasteiger partial charge in [-0.15, -0.1) is 11.3 Å². The van der Waals surface area contributed by atoms with Crippen LogP contribution < -0.4 is 0 Å². The molecule has 0 spiro atoms. The van der Waals surface area contributed by atoms with Crippen molar-refractivity contribution < 1.29 is 14.6 Å². The third-order valence-corrected chi connectivity index (χ3v) is 9.94. The van der Waals surface area contributed by atoms with Gasteiger partial charge in [0.1, 0.15) is 5.01 Å². The Morgan fingerprint density at radius 3 is 2.48 bits per heavy atom. The average Bonchev–Trinajstić information content (AvgIpc) is 3.57. The quantitative estimate of drug-likeness (QED) is 0.198. The topological polar surface area (TPSA) is 80.5 Å². The van der Waals surface area contributed by atoms with Crippen LogP contribution in [-0.4, -0.2) is 56.0 Å². The lowest BCUT2D eigenvalue weighted by Crippen LogP contribution is -2.48. The zero-order valence-corrected chi connectivity index (χ0v) is 25.7. The molecule has 2 aromatic heterocycles. The Kier molecular flexibility index (Phi) is 6.85.